The average Bonchev–Trinajstić information content (AvgIpc) is 3.33. The molecule has 0 saturated heterocycles. The Labute approximate surface area is 214 Å². The Hall–Kier alpha value is 0.693. The summed E-state index contributed by atoms with van der Waals surface area (Å²) < 4.78 is 0. The zero-order chi connectivity index (χ0) is 18.5. The summed E-state index contributed by atoms with van der Waals surface area (Å²) in [5, 5.41) is 0. The molecule has 191 valence electrons. The van der Waals surface area contributed by atoms with Crippen molar-refractivity contribution in [2.24, 2.45) is 0 Å². The maximum absolute atomic E-state index is 4.57. The zero-order valence-electron chi connectivity index (χ0n) is 21.5. The summed E-state index contributed by atoms with van der Waals surface area (Å²) in [6.45, 7) is 0. The molecule has 3 heteroatoms. The maximum Gasteiger partial charge on any atom is -0.172 e. The van der Waals surface area contributed by atoms with E-state index in [0.29, 0.717) is 0 Å². The summed E-state index contributed by atoms with van der Waals surface area (Å²) in [7, 11) is 4.52. The Balaban J connectivity index is -0.000000267. The molecule has 0 radical (unpaired) electrons. The summed E-state index contributed by atoms with van der Waals surface area (Å²) >= 11 is 1.82. The number of hydrogen-bond acceptors (Lipinski definition) is 0. The predicted octanol–water partition coefficient (Wildman–Crippen LogP) is 10.5. The minimum absolute atomic E-state index is 0. The zero-order valence-corrected chi connectivity index (χ0v) is 25.0. The summed E-state index contributed by atoms with van der Waals surface area (Å²) in [6.07, 6.45) is 23.8. The summed E-state index contributed by atoms with van der Waals surface area (Å²) in [4.78, 5) is 0. The number of halogens is 1. The van der Waals surface area contributed by atoms with Crippen molar-refractivity contribution in [1.82, 2.24) is 0 Å². The third-order valence-electron chi connectivity index (χ3n) is 6.79. The van der Waals surface area contributed by atoms with Gasteiger partial charge in [-0.2, -0.15) is 18.2 Å². The largest absolute Gasteiger partial charge is 0.214 e. The van der Waals surface area contributed by atoms with Crippen LogP contribution in [0.15, 0.2) is 30.3 Å². The van der Waals surface area contributed by atoms with Gasteiger partial charge in [-0.15, -0.1) is 0 Å². The molecule has 3 aliphatic carbocycles. The molecular formula is C28H54ClPRu-5. The first-order chi connectivity index (χ1) is 12.9. The van der Waals surface area contributed by atoms with Crippen LogP contribution < -0.4 is 0 Å². The second kappa shape index (κ2) is 25.3. The van der Waals surface area contributed by atoms with E-state index in [0.717, 1.165) is 0 Å². The molecule has 0 aromatic heterocycles. The van der Waals surface area contributed by atoms with Gasteiger partial charge < -0.3 is 37.1 Å². The Morgan fingerprint density at radius 1 is 0.516 bits per heavy atom. The van der Waals surface area contributed by atoms with Crippen molar-refractivity contribution in [2.45, 2.75) is 113 Å². The van der Waals surface area contributed by atoms with Crippen LogP contribution in [0.25, 0.3) is 0 Å². The molecule has 0 bridgehead atoms. The van der Waals surface area contributed by atoms with E-state index in [1.54, 1.807) is 96.3 Å². The van der Waals surface area contributed by atoms with Gasteiger partial charge in [-0.1, -0.05) is 19.3 Å². The van der Waals surface area contributed by atoms with E-state index in [-0.39, 0.29) is 45.1 Å². The van der Waals surface area contributed by atoms with Crippen LogP contribution in [0.3, 0.4) is 0 Å². The van der Waals surface area contributed by atoms with Gasteiger partial charge in [0.2, 0.25) is 0 Å². The minimum Gasteiger partial charge on any atom is -0.214 e. The van der Waals surface area contributed by atoms with Crippen LogP contribution in [-0.2, 0) is 17.3 Å². The Morgan fingerprint density at radius 3 is 0.968 bits per heavy atom. The van der Waals surface area contributed by atoms with Crippen molar-refractivity contribution in [3.8, 4) is 0 Å². The molecule has 0 nitrogen and oxygen atoms in total. The van der Waals surface area contributed by atoms with Gasteiger partial charge in [0.25, 0.3) is 0 Å². The first kappa shape index (κ1) is 38.9. The molecule has 0 unspecified atom stereocenters. The minimum atomic E-state index is -0.0465. The van der Waals surface area contributed by atoms with Gasteiger partial charge in [0.15, 0.2) is 0 Å². The van der Waals surface area contributed by atoms with Gasteiger partial charge in [-0.3, -0.25) is 0 Å². The first-order valence-electron chi connectivity index (χ1n) is 11.1. The molecule has 0 atom stereocenters. The van der Waals surface area contributed by atoms with E-state index in [9.17, 15) is 0 Å². The molecular weight excluding hydrogens is 504 g/mol. The van der Waals surface area contributed by atoms with Crippen molar-refractivity contribution < 1.29 is 17.3 Å². The smallest absolute Gasteiger partial charge is 0.172 e. The van der Waals surface area contributed by atoms with E-state index >= 15 is 0 Å². The van der Waals surface area contributed by atoms with Crippen LogP contribution in [0.4, 0.5) is 0 Å². The summed E-state index contributed by atoms with van der Waals surface area (Å²) in [5.41, 5.74) is 3.68. The summed E-state index contributed by atoms with van der Waals surface area (Å²) in [6, 6.07) is 10.0. The van der Waals surface area contributed by atoms with Gasteiger partial charge in [0.05, 0.1) is 17.0 Å². The topological polar surface area (TPSA) is 0 Å². The van der Waals surface area contributed by atoms with Crippen LogP contribution in [0.1, 0.15) is 96.3 Å². The predicted molar refractivity (Wildman–Crippen MR) is 149 cm³/mol. The maximum atomic E-state index is 4.57. The molecule has 0 heterocycles. The quantitative estimate of drug-likeness (QED) is 0.197. The van der Waals surface area contributed by atoms with Crippen LogP contribution in [0.2, 0.25) is 0 Å². The van der Waals surface area contributed by atoms with Crippen LogP contribution in [0, 0.1) is 37.1 Å². The average molecular weight is 558 g/mol. The van der Waals surface area contributed by atoms with E-state index in [1.807, 2.05) is 47.6 Å². The van der Waals surface area contributed by atoms with Crippen LogP contribution in [0.5, 0.6) is 0 Å². The third kappa shape index (κ3) is 14.5. The molecule has 0 amide bonds. The van der Waals surface area contributed by atoms with Gasteiger partial charge in [0, 0.05) is 7.92 Å². The van der Waals surface area contributed by atoms with Crippen molar-refractivity contribution in [3.05, 3.63) is 67.5 Å². The Morgan fingerprint density at radius 2 is 0.774 bits per heavy atom. The Bertz CT molecular complexity index is 345. The van der Waals surface area contributed by atoms with E-state index in [1.165, 1.54) is 17.0 Å². The molecule has 3 aliphatic rings. The van der Waals surface area contributed by atoms with E-state index < -0.39 is 0 Å². The molecule has 1 aromatic carbocycles. The standard InChI is InChI=1S/C18H33P.C5H5.5CH3.ClH.Ru/c1-4-10-16(11-5-1)19(17-12-6-2-7-13-17)18-14-8-3-9-15-18;1-2-4-5-3-1;;;;;;;/h16-18H,1-15H2;1-5H;5*1H3;1H;/q;6*-1;;+1. The van der Waals surface area contributed by atoms with Crippen molar-refractivity contribution in [3.63, 3.8) is 0 Å². The molecule has 1 aromatic rings. The molecule has 0 N–H and O–H groups in total. The second-order valence-corrected chi connectivity index (χ2v) is 11.9. The van der Waals surface area contributed by atoms with Gasteiger partial charge in [-0.05, 0) is 77.0 Å². The number of rotatable bonds is 3. The van der Waals surface area contributed by atoms with Gasteiger partial charge in [0.1, 0.15) is 0 Å². The van der Waals surface area contributed by atoms with Gasteiger partial charge >= 0.3 is 27.0 Å². The third-order valence-corrected chi connectivity index (χ3v) is 11.3. The first-order valence-corrected chi connectivity index (χ1v) is 15.1. The number of hydrogen-bond donors (Lipinski definition) is 0. The summed E-state index contributed by atoms with van der Waals surface area (Å²) in [5.74, 6) is 0. The molecule has 0 spiro atoms. The fourth-order valence-corrected chi connectivity index (χ4v) is 10.9. The van der Waals surface area contributed by atoms with Crippen LogP contribution in [-0.4, -0.2) is 17.0 Å². The normalized spacial score (nSPS) is 19.2. The van der Waals surface area contributed by atoms with E-state index in [4.69, 9.17) is 0 Å². The Kier molecular flexibility index (Phi) is 31.8. The fraction of sp³-hybridized carbons (Fsp3) is 0.643. The SMILES string of the molecule is C1CCC([PH+](C2CCCCC2)C2CCCCC2)CC1.[CH3-].[CH3-].[CH3-].[CH3-].[CH3-].[Cl][Ru].c1cc[cH-]c1. The van der Waals surface area contributed by atoms with Gasteiger partial charge in [-0.25, -0.2) is 12.1 Å². The second-order valence-electron chi connectivity index (χ2n) is 8.47. The molecule has 3 fully saturated rings. The molecule has 0 aliphatic heterocycles. The molecule has 3 saturated carbocycles. The van der Waals surface area contributed by atoms with Crippen LogP contribution >= 0.6 is 17.6 Å². The van der Waals surface area contributed by atoms with Crippen molar-refractivity contribution >= 4 is 17.6 Å². The monoisotopic (exact) mass is 558 g/mol. The fourth-order valence-electron chi connectivity index (χ4n) is 5.63. The molecule has 31 heavy (non-hydrogen) atoms. The molecule has 4 rings (SSSR count). The van der Waals surface area contributed by atoms with Crippen molar-refractivity contribution in [2.75, 3.05) is 0 Å². The van der Waals surface area contributed by atoms with E-state index in [2.05, 4.69) is 9.69 Å². The van der Waals surface area contributed by atoms with Crippen molar-refractivity contribution in [1.29, 1.82) is 0 Å².